The van der Waals surface area contributed by atoms with Crippen molar-refractivity contribution in [1.29, 1.82) is 0 Å². The molecule has 0 spiro atoms. The van der Waals surface area contributed by atoms with Crippen molar-refractivity contribution in [2.45, 2.75) is 5.25 Å². The Kier molecular flexibility index (Phi) is 4.33. The molecule has 0 saturated heterocycles. The molecule has 1 unspecified atom stereocenters. The minimum Gasteiger partial charge on any atom is -0.181 e. The maximum absolute atomic E-state index is 3.80. The summed E-state index contributed by atoms with van der Waals surface area (Å²) < 4.78 is 0. The normalized spacial score (nSPS) is 15.4. The van der Waals surface area contributed by atoms with Crippen molar-refractivity contribution in [3.8, 4) is 0 Å². The van der Waals surface area contributed by atoms with Gasteiger partial charge in [0.25, 0.3) is 0 Å². The standard InChI is InChI=1S/C10H14Br2S/c1-13(2,12)10(8-11)9-6-4-3-5-7-9/h3-7,10H,8H2,1-2H3. The average Bonchev–Trinajstić information content (AvgIpc) is 2.05. The second-order valence-electron chi connectivity index (χ2n) is 3.33. The van der Waals surface area contributed by atoms with Gasteiger partial charge in [0.2, 0.25) is 0 Å². The molecular formula is C10H14Br2S. The van der Waals surface area contributed by atoms with Crippen LogP contribution in [0.3, 0.4) is 0 Å². The van der Waals surface area contributed by atoms with Gasteiger partial charge in [-0.15, -0.1) is 0 Å². The van der Waals surface area contributed by atoms with Crippen LogP contribution in [-0.4, -0.2) is 17.8 Å². The van der Waals surface area contributed by atoms with Crippen LogP contribution in [0.1, 0.15) is 10.8 Å². The molecule has 0 aromatic heterocycles. The third-order valence-corrected chi connectivity index (χ3v) is 6.21. The van der Waals surface area contributed by atoms with Crippen molar-refractivity contribution in [3.63, 3.8) is 0 Å². The van der Waals surface area contributed by atoms with Crippen molar-refractivity contribution in [3.05, 3.63) is 35.9 Å². The van der Waals surface area contributed by atoms with Crippen molar-refractivity contribution in [2.75, 3.05) is 17.8 Å². The zero-order valence-electron chi connectivity index (χ0n) is 7.84. The average molecular weight is 326 g/mol. The van der Waals surface area contributed by atoms with Crippen LogP contribution < -0.4 is 0 Å². The summed E-state index contributed by atoms with van der Waals surface area (Å²) in [5.74, 6) is 0. The number of benzene rings is 1. The molecule has 0 radical (unpaired) electrons. The molecule has 0 saturated carbocycles. The molecule has 1 rings (SSSR count). The van der Waals surface area contributed by atoms with Crippen molar-refractivity contribution in [2.24, 2.45) is 0 Å². The van der Waals surface area contributed by atoms with E-state index in [1.807, 2.05) is 0 Å². The van der Waals surface area contributed by atoms with Gasteiger partial charge in [0.15, 0.2) is 0 Å². The van der Waals surface area contributed by atoms with Gasteiger partial charge in [-0.1, -0.05) is 46.3 Å². The summed E-state index contributed by atoms with van der Waals surface area (Å²) in [4.78, 5) is 0. The van der Waals surface area contributed by atoms with Gasteiger partial charge in [-0.2, -0.15) is 8.46 Å². The number of hydrogen-bond acceptors (Lipinski definition) is 0. The van der Waals surface area contributed by atoms with Gasteiger partial charge < -0.3 is 0 Å². The molecule has 13 heavy (non-hydrogen) atoms. The highest BCUT2D eigenvalue weighted by atomic mass is 79.9. The lowest BCUT2D eigenvalue weighted by atomic mass is 10.2. The molecule has 0 aliphatic heterocycles. The van der Waals surface area contributed by atoms with E-state index in [1.54, 1.807) is 0 Å². The first-order valence-corrected chi connectivity index (χ1v) is 9.56. The van der Waals surface area contributed by atoms with Gasteiger partial charge >= 0.3 is 0 Å². The van der Waals surface area contributed by atoms with Gasteiger partial charge in [-0.05, 0) is 32.9 Å². The van der Waals surface area contributed by atoms with E-state index in [9.17, 15) is 0 Å². The highest BCUT2D eigenvalue weighted by molar-refractivity contribution is 9.58. The Labute approximate surface area is 97.8 Å². The summed E-state index contributed by atoms with van der Waals surface area (Å²) >= 11 is 7.37. The van der Waals surface area contributed by atoms with Crippen LogP contribution in [0.25, 0.3) is 0 Å². The lowest BCUT2D eigenvalue weighted by Gasteiger charge is -2.32. The molecule has 3 heteroatoms. The monoisotopic (exact) mass is 324 g/mol. The van der Waals surface area contributed by atoms with E-state index in [0.29, 0.717) is 5.25 Å². The molecule has 0 bridgehead atoms. The predicted molar refractivity (Wildman–Crippen MR) is 71.3 cm³/mol. The summed E-state index contributed by atoms with van der Waals surface area (Å²) in [6.45, 7) is 0. The summed E-state index contributed by atoms with van der Waals surface area (Å²) in [7, 11) is -0.702. The fraction of sp³-hybridized carbons (Fsp3) is 0.400. The van der Waals surface area contributed by atoms with Crippen LogP contribution >= 0.6 is 39.2 Å². The van der Waals surface area contributed by atoms with E-state index in [-0.39, 0.29) is 0 Å². The molecular weight excluding hydrogens is 312 g/mol. The van der Waals surface area contributed by atoms with E-state index in [4.69, 9.17) is 0 Å². The summed E-state index contributed by atoms with van der Waals surface area (Å²) in [5.41, 5.74) is 1.41. The molecule has 0 heterocycles. The third kappa shape index (κ3) is 3.30. The Morgan fingerprint density at radius 1 is 1.23 bits per heavy atom. The van der Waals surface area contributed by atoms with Crippen molar-refractivity contribution >= 4 is 39.2 Å². The summed E-state index contributed by atoms with van der Waals surface area (Å²) in [6.07, 6.45) is 4.57. The highest BCUT2D eigenvalue weighted by Gasteiger charge is 2.21. The van der Waals surface area contributed by atoms with Crippen LogP contribution in [0.5, 0.6) is 0 Å². The Balaban J connectivity index is 2.92. The molecule has 0 N–H and O–H groups in total. The molecule has 74 valence electrons. The Morgan fingerprint density at radius 2 is 1.77 bits per heavy atom. The van der Waals surface area contributed by atoms with Gasteiger partial charge in [-0.3, -0.25) is 0 Å². The SMILES string of the molecule is CS(C)(Br)C(CBr)c1ccccc1. The van der Waals surface area contributed by atoms with Crippen LogP contribution in [0.4, 0.5) is 0 Å². The van der Waals surface area contributed by atoms with E-state index >= 15 is 0 Å². The first kappa shape index (κ1) is 11.6. The van der Waals surface area contributed by atoms with Gasteiger partial charge in [-0.25, -0.2) is 0 Å². The zero-order chi connectivity index (χ0) is 9.90. The lowest BCUT2D eigenvalue weighted by Crippen LogP contribution is -2.04. The molecule has 0 aliphatic rings. The van der Waals surface area contributed by atoms with E-state index in [1.165, 1.54) is 5.56 Å². The van der Waals surface area contributed by atoms with Gasteiger partial charge in [0.1, 0.15) is 0 Å². The Hall–Kier alpha value is 0.530. The van der Waals surface area contributed by atoms with E-state index in [2.05, 4.69) is 73.6 Å². The largest absolute Gasteiger partial charge is 0.181 e. The third-order valence-electron chi connectivity index (χ3n) is 1.99. The zero-order valence-corrected chi connectivity index (χ0v) is 11.8. The molecule has 1 aromatic carbocycles. The first-order chi connectivity index (χ1) is 6.05. The molecule has 0 nitrogen and oxygen atoms in total. The summed E-state index contributed by atoms with van der Waals surface area (Å²) in [6, 6.07) is 10.7. The summed E-state index contributed by atoms with van der Waals surface area (Å²) in [5, 5.41) is 1.61. The van der Waals surface area contributed by atoms with E-state index < -0.39 is 8.46 Å². The topological polar surface area (TPSA) is 0 Å². The van der Waals surface area contributed by atoms with E-state index in [0.717, 1.165) is 5.33 Å². The minimum atomic E-state index is -0.702. The molecule has 0 amide bonds. The van der Waals surface area contributed by atoms with Crippen LogP contribution in [0.15, 0.2) is 30.3 Å². The quantitative estimate of drug-likeness (QED) is 0.718. The Bertz CT molecular complexity index is 253. The fourth-order valence-electron chi connectivity index (χ4n) is 1.23. The van der Waals surface area contributed by atoms with Crippen molar-refractivity contribution < 1.29 is 0 Å². The molecule has 1 atom stereocenters. The number of halogens is 2. The minimum absolute atomic E-state index is 0.591. The van der Waals surface area contributed by atoms with Crippen LogP contribution in [-0.2, 0) is 0 Å². The fourth-order valence-corrected chi connectivity index (χ4v) is 6.80. The molecule has 0 fully saturated rings. The first-order valence-electron chi connectivity index (χ1n) is 4.08. The van der Waals surface area contributed by atoms with Crippen LogP contribution in [0.2, 0.25) is 0 Å². The van der Waals surface area contributed by atoms with Crippen molar-refractivity contribution in [1.82, 2.24) is 0 Å². The Morgan fingerprint density at radius 3 is 2.15 bits per heavy atom. The molecule has 0 aliphatic carbocycles. The smallest absolute Gasteiger partial charge is 0.0320 e. The lowest BCUT2D eigenvalue weighted by molar-refractivity contribution is 1.12. The number of hydrogen-bond donors (Lipinski definition) is 0. The second kappa shape index (κ2) is 4.85. The predicted octanol–water partition coefficient (Wildman–Crippen LogP) is 4.50. The highest BCUT2D eigenvalue weighted by Crippen LogP contribution is 2.61. The number of alkyl halides is 1. The van der Waals surface area contributed by atoms with Crippen LogP contribution in [0, 0.1) is 0 Å². The second-order valence-corrected chi connectivity index (χ2v) is 12.1. The maximum atomic E-state index is 3.80. The number of rotatable bonds is 3. The van der Waals surface area contributed by atoms with Gasteiger partial charge in [0.05, 0.1) is 0 Å². The molecule has 1 aromatic rings. The maximum Gasteiger partial charge on any atom is 0.0320 e. The van der Waals surface area contributed by atoms with Gasteiger partial charge in [0, 0.05) is 10.6 Å².